The molecule has 0 unspecified atom stereocenters. The van der Waals surface area contributed by atoms with Gasteiger partial charge in [0.15, 0.2) is 5.15 Å². The lowest BCUT2D eigenvalue weighted by atomic mass is 10.1. The average Bonchev–Trinajstić information content (AvgIpc) is 2.53. The third kappa shape index (κ3) is 1.85. The van der Waals surface area contributed by atoms with Gasteiger partial charge in [0.05, 0.1) is 5.52 Å². The van der Waals surface area contributed by atoms with E-state index in [1.165, 1.54) is 5.56 Å². The maximum Gasteiger partial charge on any atom is 0.158 e. The van der Waals surface area contributed by atoms with Crippen LogP contribution in [0.5, 0.6) is 0 Å². The summed E-state index contributed by atoms with van der Waals surface area (Å²) >= 11 is 6.00. The Morgan fingerprint density at radius 3 is 3.00 bits per heavy atom. The standard InChI is InChI=1S/C11H13ClN2O/c1-14-10-8(5-3-7-15)4-2-6-9(10)11(12)13-14/h2,4,6,15H,3,5,7H2,1H3. The molecule has 15 heavy (non-hydrogen) atoms. The summed E-state index contributed by atoms with van der Waals surface area (Å²) < 4.78 is 1.80. The summed E-state index contributed by atoms with van der Waals surface area (Å²) in [6, 6.07) is 5.99. The van der Waals surface area contributed by atoms with Gasteiger partial charge in [-0.05, 0) is 24.5 Å². The van der Waals surface area contributed by atoms with Crippen LogP contribution in [0.2, 0.25) is 5.15 Å². The predicted octanol–water partition coefficient (Wildman–Crippen LogP) is 2.15. The summed E-state index contributed by atoms with van der Waals surface area (Å²) in [5.41, 5.74) is 2.25. The lowest BCUT2D eigenvalue weighted by molar-refractivity contribution is 0.288. The molecule has 4 heteroatoms. The molecule has 3 nitrogen and oxygen atoms in total. The van der Waals surface area contributed by atoms with Gasteiger partial charge in [-0.3, -0.25) is 4.68 Å². The van der Waals surface area contributed by atoms with Crippen LogP contribution in [0.3, 0.4) is 0 Å². The molecule has 0 saturated heterocycles. The Kier molecular flexibility index (Phi) is 2.93. The van der Waals surface area contributed by atoms with E-state index in [-0.39, 0.29) is 6.61 Å². The van der Waals surface area contributed by atoms with Crippen LogP contribution in [0.15, 0.2) is 18.2 Å². The second kappa shape index (κ2) is 4.21. The third-order valence-electron chi connectivity index (χ3n) is 2.51. The Bertz CT molecular complexity index is 479. The van der Waals surface area contributed by atoms with E-state index < -0.39 is 0 Å². The monoisotopic (exact) mass is 224 g/mol. The Balaban J connectivity index is 2.54. The van der Waals surface area contributed by atoms with Gasteiger partial charge in [0.25, 0.3) is 0 Å². The summed E-state index contributed by atoms with van der Waals surface area (Å²) in [6.07, 6.45) is 1.62. The molecule has 0 spiro atoms. The summed E-state index contributed by atoms with van der Waals surface area (Å²) in [5.74, 6) is 0. The van der Waals surface area contributed by atoms with Gasteiger partial charge in [-0.1, -0.05) is 23.7 Å². The maximum atomic E-state index is 8.83. The molecule has 1 N–H and O–H groups in total. The molecule has 2 rings (SSSR count). The van der Waals surface area contributed by atoms with Gasteiger partial charge < -0.3 is 5.11 Å². The first-order valence-corrected chi connectivity index (χ1v) is 5.33. The van der Waals surface area contributed by atoms with Gasteiger partial charge in [-0.2, -0.15) is 5.10 Å². The summed E-state index contributed by atoms with van der Waals surface area (Å²) in [7, 11) is 1.89. The van der Waals surface area contributed by atoms with Crippen LogP contribution in [0.1, 0.15) is 12.0 Å². The second-order valence-corrected chi connectivity index (χ2v) is 3.91. The van der Waals surface area contributed by atoms with E-state index >= 15 is 0 Å². The van der Waals surface area contributed by atoms with Crippen molar-refractivity contribution in [1.82, 2.24) is 9.78 Å². The molecule has 1 aromatic carbocycles. The molecule has 0 aliphatic rings. The lowest BCUT2D eigenvalue weighted by Gasteiger charge is -2.03. The number of aromatic nitrogens is 2. The van der Waals surface area contributed by atoms with Crippen LogP contribution in [0.25, 0.3) is 10.9 Å². The number of hydrogen-bond donors (Lipinski definition) is 1. The van der Waals surface area contributed by atoms with E-state index in [9.17, 15) is 0 Å². The summed E-state index contributed by atoms with van der Waals surface area (Å²) in [6.45, 7) is 0.210. The zero-order valence-electron chi connectivity index (χ0n) is 8.57. The minimum atomic E-state index is 0.210. The average molecular weight is 225 g/mol. The van der Waals surface area contributed by atoms with Crippen LogP contribution in [-0.4, -0.2) is 21.5 Å². The number of fused-ring (bicyclic) bond motifs is 1. The highest BCUT2D eigenvalue weighted by atomic mass is 35.5. The van der Waals surface area contributed by atoms with Crippen LogP contribution < -0.4 is 0 Å². The minimum absolute atomic E-state index is 0.210. The Morgan fingerprint density at radius 1 is 1.47 bits per heavy atom. The number of benzene rings is 1. The quantitative estimate of drug-likeness (QED) is 0.868. The fraction of sp³-hybridized carbons (Fsp3) is 0.364. The lowest BCUT2D eigenvalue weighted by Crippen LogP contribution is -1.96. The number of hydrogen-bond acceptors (Lipinski definition) is 2. The highest BCUT2D eigenvalue weighted by molar-refractivity contribution is 6.34. The van der Waals surface area contributed by atoms with Gasteiger partial charge in [0.1, 0.15) is 0 Å². The van der Waals surface area contributed by atoms with E-state index in [4.69, 9.17) is 16.7 Å². The second-order valence-electron chi connectivity index (χ2n) is 3.55. The normalized spacial score (nSPS) is 11.1. The van der Waals surface area contributed by atoms with Crippen molar-refractivity contribution in [2.75, 3.05) is 6.61 Å². The van der Waals surface area contributed by atoms with Crippen molar-refractivity contribution in [2.45, 2.75) is 12.8 Å². The summed E-state index contributed by atoms with van der Waals surface area (Å²) in [4.78, 5) is 0. The van der Waals surface area contributed by atoms with Gasteiger partial charge in [-0.25, -0.2) is 0 Å². The SMILES string of the molecule is Cn1nc(Cl)c2cccc(CCCO)c21. The van der Waals surface area contributed by atoms with Crippen molar-refractivity contribution >= 4 is 22.5 Å². The Labute approximate surface area is 93.3 Å². The van der Waals surface area contributed by atoms with E-state index in [0.717, 1.165) is 23.7 Å². The zero-order valence-corrected chi connectivity index (χ0v) is 9.33. The van der Waals surface area contributed by atoms with Crippen molar-refractivity contribution in [2.24, 2.45) is 7.05 Å². The fourth-order valence-corrected chi connectivity index (χ4v) is 2.11. The van der Waals surface area contributed by atoms with Crippen LogP contribution >= 0.6 is 11.6 Å². The van der Waals surface area contributed by atoms with Crippen LogP contribution in [0.4, 0.5) is 0 Å². The van der Waals surface area contributed by atoms with Gasteiger partial charge in [0.2, 0.25) is 0 Å². The third-order valence-corrected chi connectivity index (χ3v) is 2.79. The molecule has 0 fully saturated rings. The number of nitrogens with zero attached hydrogens (tertiary/aromatic N) is 2. The van der Waals surface area contributed by atoms with Gasteiger partial charge >= 0.3 is 0 Å². The van der Waals surface area contributed by atoms with Crippen molar-refractivity contribution in [3.8, 4) is 0 Å². The van der Waals surface area contributed by atoms with E-state index in [2.05, 4.69) is 11.2 Å². The molecule has 0 amide bonds. The molecular weight excluding hydrogens is 212 g/mol. The minimum Gasteiger partial charge on any atom is -0.396 e. The number of aliphatic hydroxyl groups excluding tert-OH is 1. The smallest absolute Gasteiger partial charge is 0.158 e. The largest absolute Gasteiger partial charge is 0.396 e. The molecule has 0 saturated carbocycles. The molecule has 0 aliphatic heterocycles. The molecule has 0 bridgehead atoms. The van der Waals surface area contributed by atoms with E-state index in [1.807, 2.05) is 19.2 Å². The van der Waals surface area contributed by atoms with Gasteiger partial charge in [0, 0.05) is 19.0 Å². The molecular formula is C11H13ClN2O. The van der Waals surface area contributed by atoms with Crippen molar-refractivity contribution < 1.29 is 5.11 Å². The number of rotatable bonds is 3. The first-order chi connectivity index (χ1) is 7.24. The van der Waals surface area contributed by atoms with Gasteiger partial charge in [-0.15, -0.1) is 0 Å². The van der Waals surface area contributed by atoms with Crippen LogP contribution in [0, 0.1) is 0 Å². The molecule has 1 heterocycles. The molecule has 0 atom stereocenters. The first kappa shape index (κ1) is 10.5. The molecule has 0 radical (unpaired) electrons. The number of halogens is 1. The van der Waals surface area contributed by atoms with Crippen molar-refractivity contribution in [3.63, 3.8) is 0 Å². The maximum absolute atomic E-state index is 8.83. The topological polar surface area (TPSA) is 38.0 Å². The van der Waals surface area contributed by atoms with E-state index in [0.29, 0.717) is 5.15 Å². The van der Waals surface area contributed by atoms with Crippen molar-refractivity contribution in [1.29, 1.82) is 0 Å². The Hall–Kier alpha value is -1.06. The number of aliphatic hydroxyl groups is 1. The Morgan fingerprint density at radius 2 is 2.27 bits per heavy atom. The van der Waals surface area contributed by atoms with E-state index in [1.54, 1.807) is 4.68 Å². The number of para-hydroxylation sites is 1. The molecule has 80 valence electrons. The number of aryl methyl sites for hydroxylation is 2. The summed E-state index contributed by atoms with van der Waals surface area (Å²) in [5, 5.41) is 14.5. The molecule has 0 aliphatic carbocycles. The zero-order chi connectivity index (χ0) is 10.8. The predicted molar refractivity (Wildman–Crippen MR) is 61.1 cm³/mol. The van der Waals surface area contributed by atoms with Crippen LogP contribution in [-0.2, 0) is 13.5 Å². The first-order valence-electron chi connectivity index (χ1n) is 4.95. The fourth-order valence-electron chi connectivity index (χ4n) is 1.85. The highest BCUT2D eigenvalue weighted by Gasteiger charge is 2.09. The highest BCUT2D eigenvalue weighted by Crippen LogP contribution is 2.25. The molecule has 1 aromatic heterocycles. The van der Waals surface area contributed by atoms with Crippen molar-refractivity contribution in [3.05, 3.63) is 28.9 Å². The molecule has 2 aromatic rings.